The van der Waals surface area contributed by atoms with Crippen molar-refractivity contribution in [3.05, 3.63) is 29.3 Å². The van der Waals surface area contributed by atoms with Crippen LogP contribution in [0.25, 0.3) is 0 Å². The minimum absolute atomic E-state index is 0.238. The Morgan fingerprint density at radius 1 is 1.22 bits per heavy atom. The molecule has 128 valence electrons. The zero-order valence-electron chi connectivity index (χ0n) is 14.8. The Labute approximate surface area is 138 Å². The SMILES string of the molecule is Cc1cc(C(C)O)ccc1N1CCN(C(=O)OC(C)(C)C)CC1. The summed E-state index contributed by atoms with van der Waals surface area (Å²) in [4.78, 5) is 16.1. The molecular weight excluding hydrogens is 292 g/mol. The molecule has 1 aromatic rings. The quantitative estimate of drug-likeness (QED) is 0.910. The molecule has 1 aliphatic heterocycles. The number of anilines is 1. The van der Waals surface area contributed by atoms with Crippen LogP contribution in [0.15, 0.2) is 18.2 Å². The van der Waals surface area contributed by atoms with Gasteiger partial charge in [0.05, 0.1) is 6.10 Å². The van der Waals surface area contributed by atoms with Gasteiger partial charge in [0, 0.05) is 31.9 Å². The molecule has 5 nitrogen and oxygen atoms in total. The lowest BCUT2D eigenvalue weighted by atomic mass is 10.0. The maximum Gasteiger partial charge on any atom is 0.410 e. The second kappa shape index (κ2) is 6.79. The van der Waals surface area contributed by atoms with Crippen molar-refractivity contribution in [1.82, 2.24) is 4.90 Å². The van der Waals surface area contributed by atoms with Crippen molar-refractivity contribution in [3.8, 4) is 0 Å². The van der Waals surface area contributed by atoms with Crippen LogP contribution in [0.2, 0.25) is 0 Å². The van der Waals surface area contributed by atoms with E-state index >= 15 is 0 Å². The fourth-order valence-corrected chi connectivity index (χ4v) is 2.75. The molecule has 1 aliphatic rings. The minimum Gasteiger partial charge on any atom is -0.444 e. The molecule has 2 rings (SSSR count). The molecular formula is C18H28N2O3. The highest BCUT2D eigenvalue weighted by atomic mass is 16.6. The first-order valence-corrected chi connectivity index (χ1v) is 8.19. The zero-order chi connectivity index (χ0) is 17.2. The molecule has 1 aromatic carbocycles. The summed E-state index contributed by atoms with van der Waals surface area (Å²) in [7, 11) is 0. The van der Waals surface area contributed by atoms with Crippen molar-refractivity contribution >= 4 is 11.8 Å². The van der Waals surface area contributed by atoms with Crippen molar-refractivity contribution in [3.63, 3.8) is 0 Å². The van der Waals surface area contributed by atoms with Crippen LogP contribution in [0.5, 0.6) is 0 Å². The van der Waals surface area contributed by atoms with Gasteiger partial charge in [-0.25, -0.2) is 4.79 Å². The molecule has 0 bridgehead atoms. The van der Waals surface area contributed by atoms with Crippen LogP contribution < -0.4 is 4.90 Å². The number of benzene rings is 1. The van der Waals surface area contributed by atoms with Crippen LogP contribution in [-0.2, 0) is 4.74 Å². The lowest BCUT2D eigenvalue weighted by molar-refractivity contribution is 0.0240. The lowest BCUT2D eigenvalue weighted by Crippen LogP contribution is -2.50. The van der Waals surface area contributed by atoms with Gasteiger partial charge in [-0.3, -0.25) is 0 Å². The standard InChI is InChI=1S/C18H28N2O3/c1-13-12-15(14(2)21)6-7-16(13)19-8-10-20(11-9-19)17(22)23-18(3,4)5/h6-7,12,14,21H,8-11H2,1-5H3. The van der Waals surface area contributed by atoms with E-state index in [1.165, 1.54) is 5.69 Å². The van der Waals surface area contributed by atoms with Gasteiger partial charge in [0.25, 0.3) is 0 Å². The van der Waals surface area contributed by atoms with Crippen LogP contribution in [0.4, 0.5) is 10.5 Å². The minimum atomic E-state index is -0.457. The van der Waals surface area contributed by atoms with Gasteiger partial charge in [-0.05, 0) is 51.8 Å². The Morgan fingerprint density at radius 2 is 1.83 bits per heavy atom. The molecule has 0 aromatic heterocycles. The predicted octanol–water partition coefficient (Wildman–Crippen LogP) is 3.11. The van der Waals surface area contributed by atoms with Crippen molar-refractivity contribution in [2.45, 2.75) is 46.3 Å². The summed E-state index contributed by atoms with van der Waals surface area (Å²) in [6, 6.07) is 6.05. The molecule has 1 unspecified atom stereocenters. The molecule has 1 saturated heterocycles. The van der Waals surface area contributed by atoms with Gasteiger partial charge < -0.3 is 19.6 Å². The highest BCUT2D eigenvalue weighted by molar-refractivity contribution is 5.68. The summed E-state index contributed by atoms with van der Waals surface area (Å²) in [6.45, 7) is 12.4. The van der Waals surface area contributed by atoms with Crippen LogP contribution in [0, 0.1) is 6.92 Å². The van der Waals surface area contributed by atoms with E-state index in [4.69, 9.17) is 4.74 Å². The summed E-state index contributed by atoms with van der Waals surface area (Å²) >= 11 is 0. The highest BCUT2D eigenvalue weighted by Crippen LogP contribution is 2.25. The largest absolute Gasteiger partial charge is 0.444 e. The zero-order valence-corrected chi connectivity index (χ0v) is 14.8. The number of carbonyl (C=O) groups excluding carboxylic acids is 1. The molecule has 1 heterocycles. The third kappa shape index (κ3) is 4.61. The van der Waals surface area contributed by atoms with E-state index in [1.807, 2.05) is 32.9 Å². The second-order valence-corrected chi connectivity index (χ2v) is 7.18. The third-order valence-corrected chi connectivity index (χ3v) is 3.98. The monoisotopic (exact) mass is 320 g/mol. The first kappa shape index (κ1) is 17.6. The summed E-state index contributed by atoms with van der Waals surface area (Å²) in [6.07, 6.45) is -0.690. The van der Waals surface area contributed by atoms with E-state index in [2.05, 4.69) is 17.9 Å². The average molecular weight is 320 g/mol. The molecule has 5 heteroatoms. The number of carbonyl (C=O) groups is 1. The van der Waals surface area contributed by atoms with Crippen LogP contribution >= 0.6 is 0 Å². The number of aliphatic hydroxyl groups excluding tert-OH is 1. The van der Waals surface area contributed by atoms with E-state index in [0.29, 0.717) is 13.1 Å². The van der Waals surface area contributed by atoms with E-state index in [0.717, 1.165) is 24.2 Å². The lowest BCUT2D eigenvalue weighted by Gasteiger charge is -2.37. The first-order chi connectivity index (χ1) is 10.7. The van der Waals surface area contributed by atoms with Crippen molar-refractivity contribution in [1.29, 1.82) is 0 Å². The molecule has 23 heavy (non-hydrogen) atoms. The number of hydrogen-bond acceptors (Lipinski definition) is 4. The molecule has 1 atom stereocenters. The second-order valence-electron chi connectivity index (χ2n) is 7.18. The van der Waals surface area contributed by atoms with Gasteiger partial charge in [-0.1, -0.05) is 12.1 Å². The molecule has 1 N–H and O–H groups in total. The average Bonchev–Trinajstić information content (AvgIpc) is 2.45. The third-order valence-electron chi connectivity index (χ3n) is 3.98. The van der Waals surface area contributed by atoms with E-state index in [9.17, 15) is 9.90 Å². The predicted molar refractivity (Wildman–Crippen MR) is 91.8 cm³/mol. The Morgan fingerprint density at radius 3 is 2.30 bits per heavy atom. The fourth-order valence-electron chi connectivity index (χ4n) is 2.75. The van der Waals surface area contributed by atoms with Crippen LogP contribution in [-0.4, -0.2) is 47.9 Å². The molecule has 0 aliphatic carbocycles. The Bertz CT molecular complexity index is 556. The van der Waals surface area contributed by atoms with Crippen molar-refractivity contribution < 1.29 is 14.6 Å². The van der Waals surface area contributed by atoms with E-state index < -0.39 is 11.7 Å². The topological polar surface area (TPSA) is 53.0 Å². The summed E-state index contributed by atoms with van der Waals surface area (Å²) in [5, 5.41) is 9.67. The van der Waals surface area contributed by atoms with Crippen molar-refractivity contribution in [2.24, 2.45) is 0 Å². The smallest absolute Gasteiger partial charge is 0.410 e. The maximum atomic E-state index is 12.1. The van der Waals surface area contributed by atoms with Crippen LogP contribution in [0.1, 0.15) is 44.9 Å². The number of ether oxygens (including phenoxy) is 1. The molecule has 1 amide bonds. The first-order valence-electron chi connectivity index (χ1n) is 8.19. The Balaban J connectivity index is 1.98. The fraction of sp³-hybridized carbons (Fsp3) is 0.611. The number of nitrogens with zero attached hydrogens (tertiary/aromatic N) is 2. The Hall–Kier alpha value is -1.75. The molecule has 0 saturated carbocycles. The van der Waals surface area contributed by atoms with E-state index in [-0.39, 0.29) is 6.09 Å². The summed E-state index contributed by atoms with van der Waals surface area (Å²) < 4.78 is 5.42. The molecule has 0 spiro atoms. The van der Waals surface area contributed by atoms with Gasteiger partial charge in [0.15, 0.2) is 0 Å². The van der Waals surface area contributed by atoms with Crippen molar-refractivity contribution in [2.75, 3.05) is 31.1 Å². The van der Waals surface area contributed by atoms with Gasteiger partial charge >= 0.3 is 6.09 Å². The normalized spacial score (nSPS) is 17.1. The number of aliphatic hydroxyl groups is 1. The van der Waals surface area contributed by atoms with Gasteiger partial charge in [-0.2, -0.15) is 0 Å². The van der Waals surface area contributed by atoms with E-state index in [1.54, 1.807) is 11.8 Å². The van der Waals surface area contributed by atoms with Gasteiger partial charge in [0.2, 0.25) is 0 Å². The number of aryl methyl sites for hydroxylation is 1. The number of amides is 1. The molecule has 0 radical (unpaired) electrons. The van der Waals surface area contributed by atoms with Gasteiger partial charge in [-0.15, -0.1) is 0 Å². The highest BCUT2D eigenvalue weighted by Gasteiger charge is 2.26. The summed E-state index contributed by atoms with van der Waals surface area (Å²) in [5.74, 6) is 0. The van der Waals surface area contributed by atoms with Crippen LogP contribution in [0.3, 0.4) is 0 Å². The van der Waals surface area contributed by atoms with Gasteiger partial charge in [0.1, 0.15) is 5.60 Å². The number of rotatable bonds is 2. The Kier molecular flexibility index (Phi) is 5.19. The number of hydrogen-bond donors (Lipinski definition) is 1. The molecule has 1 fully saturated rings. The maximum absolute atomic E-state index is 12.1. The number of piperazine rings is 1. The summed E-state index contributed by atoms with van der Waals surface area (Å²) in [5.41, 5.74) is 2.78.